The molecule has 0 unspecified atom stereocenters. The molecule has 0 aliphatic heterocycles. The van der Waals surface area contributed by atoms with Crippen LogP contribution in [0.5, 0.6) is 0 Å². The van der Waals surface area contributed by atoms with Crippen LogP contribution in [0.1, 0.15) is 27.2 Å². The van der Waals surface area contributed by atoms with Gasteiger partial charge in [-0.1, -0.05) is 0 Å². The van der Waals surface area contributed by atoms with Crippen LogP contribution in [0.25, 0.3) is 0 Å². The van der Waals surface area contributed by atoms with Crippen molar-refractivity contribution in [3.8, 4) is 0 Å². The largest absolute Gasteiger partial charge is 0.500 e. The van der Waals surface area contributed by atoms with Gasteiger partial charge in [-0.3, -0.25) is 5.73 Å². The minimum absolute atomic E-state index is 0.405. The highest BCUT2D eigenvalue weighted by molar-refractivity contribution is 6.60. The molecule has 0 aromatic rings. The van der Waals surface area contributed by atoms with E-state index in [0.29, 0.717) is 26.4 Å². The fourth-order valence-electron chi connectivity index (χ4n) is 1.31. The number of hydrogen-bond donors (Lipinski definition) is 0. The predicted molar refractivity (Wildman–Crippen MR) is 58.0 cm³/mol. The third kappa shape index (κ3) is 5.07. The quantitative estimate of drug-likeness (QED) is 0.556. The van der Waals surface area contributed by atoms with E-state index in [4.69, 9.17) is 19.0 Å². The second-order valence-electron chi connectivity index (χ2n) is 2.84. The monoisotopic (exact) mass is 220 g/mol. The topological polar surface area (TPSA) is 51.5 Å². The Hall–Kier alpha value is 0.0569. The highest BCUT2D eigenvalue weighted by Gasteiger charge is 2.39. The molecule has 1 N–H and O–H groups in total. The normalized spacial score (nSPS) is 12.0. The van der Waals surface area contributed by atoms with E-state index in [1.54, 1.807) is 0 Å². The summed E-state index contributed by atoms with van der Waals surface area (Å²) in [6, 6.07) is 0.756. The summed E-state index contributed by atoms with van der Waals surface area (Å²) in [5.41, 5.74) is 7.13. The van der Waals surface area contributed by atoms with Crippen molar-refractivity contribution in [3.05, 3.63) is 0 Å². The molecule has 0 spiro atoms. The van der Waals surface area contributed by atoms with E-state index < -0.39 is 8.80 Å². The Bertz CT molecular complexity index is 118. The standard InChI is InChI=1S/C9H22NO3Si/c1-4-11-14(12-5-2,13-6-3)9-7-8-10/h10H,4-9H2,1-3H3. The van der Waals surface area contributed by atoms with Gasteiger partial charge in [-0.25, -0.2) is 0 Å². The zero-order valence-electron chi connectivity index (χ0n) is 9.47. The van der Waals surface area contributed by atoms with Crippen LogP contribution in [0.3, 0.4) is 0 Å². The van der Waals surface area contributed by atoms with Crippen LogP contribution in [0.15, 0.2) is 0 Å². The van der Waals surface area contributed by atoms with E-state index in [-0.39, 0.29) is 0 Å². The summed E-state index contributed by atoms with van der Waals surface area (Å²) in [5.74, 6) is 0. The van der Waals surface area contributed by atoms with Gasteiger partial charge in [0.2, 0.25) is 0 Å². The van der Waals surface area contributed by atoms with Crippen LogP contribution < -0.4 is 5.73 Å². The lowest BCUT2D eigenvalue weighted by atomic mass is 10.5. The summed E-state index contributed by atoms with van der Waals surface area (Å²) in [5, 5.41) is 0. The fraction of sp³-hybridized carbons (Fsp3) is 1.00. The van der Waals surface area contributed by atoms with Crippen molar-refractivity contribution in [1.29, 1.82) is 0 Å². The third-order valence-electron chi connectivity index (χ3n) is 1.75. The second kappa shape index (κ2) is 8.37. The Morgan fingerprint density at radius 3 is 1.64 bits per heavy atom. The molecule has 85 valence electrons. The van der Waals surface area contributed by atoms with E-state index in [9.17, 15) is 0 Å². The van der Waals surface area contributed by atoms with Crippen LogP contribution in [-0.4, -0.2) is 35.2 Å². The summed E-state index contributed by atoms with van der Waals surface area (Å²) >= 11 is 0. The number of hydrogen-bond acceptors (Lipinski definition) is 3. The fourth-order valence-corrected chi connectivity index (χ4v) is 3.92. The van der Waals surface area contributed by atoms with Gasteiger partial charge in [0.05, 0.1) is 0 Å². The van der Waals surface area contributed by atoms with E-state index in [1.807, 2.05) is 20.8 Å². The predicted octanol–water partition coefficient (Wildman–Crippen LogP) is 1.71. The molecular formula is C9H22NO3Si. The number of nitrogens with one attached hydrogen (secondary N) is 1. The number of rotatable bonds is 9. The molecule has 0 bridgehead atoms. The van der Waals surface area contributed by atoms with E-state index in [2.05, 4.69) is 0 Å². The Balaban J connectivity index is 4.21. The van der Waals surface area contributed by atoms with Crippen molar-refractivity contribution in [2.45, 2.75) is 33.2 Å². The van der Waals surface area contributed by atoms with Gasteiger partial charge < -0.3 is 13.3 Å². The van der Waals surface area contributed by atoms with E-state index in [0.717, 1.165) is 12.5 Å². The van der Waals surface area contributed by atoms with Crippen molar-refractivity contribution in [1.82, 2.24) is 5.73 Å². The average molecular weight is 220 g/mol. The highest BCUT2D eigenvalue weighted by Crippen LogP contribution is 2.17. The highest BCUT2D eigenvalue weighted by atomic mass is 28.4. The van der Waals surface area contributed by atoms with Crippen LogP contribution in [-0.2, 0) is 13.3 Å². The minimum Gasteiger partial charge on any atom is -0.374 e. The summed E-state index contributed by atoms with van der Waals surface area (Å²) < 4.78 is 16.9. The van der Waals surface area contributed by atoms with Crippen LogP contribution >= 0.6 is 0 Å². The summed E-state index contributed by atoms with van der Waals surface area (Å²) in [4.78, 5) is 0. The van der Waals surface area contributed by atoms with E-state index >= 15 is 0 Å². The maximum Gasteiger partial charge on any atom is 0.500 e. The zero-order valence-corrected chi connectivity index (χ0v) is 10.5. The van der Waals surface area contributed by atoms with Gasteiger partial charge in [0, 0.05) is 32.4 Å². The lowest BCUT2D eigenvalue weighted by molar-refractivity contribution is 0.0709. The van der Waals surface area contributed by atoms with Crippen molar-refractivity contribution in [3.63, 3.8) is 0 Å². The van der Waals surface area contributed by atoms with Crippen LogP contribution in [0.4, 0.5) is 0 Å². The van der Waals surface area contributed by atoms with Crippen molar-refractivity contribution < 1.29 is 13.3 Å². The Labute approximate surface area is 88.1 Å². The first kappa shape index (κ1) is 14.1. The first-order chi connectivity index (χ1) is 6.74. The molecule has 0 saturated carbocycles. The second-order valence-corrected chi connectivity index (χ2v) is 5.57. The lowest BCUT2D eigenvalue weighted by Crippen LogP contribution is -2.46. The minimum atomic E-state index is -2.44. The smallest absolute Gasteiger partial charge is 0.374 e. The maximum atomic E-state index is 7.13. The van der Waals surface area contributed by atoms with Crippen molar-refractivity contribution >= 4 is 8.80 Å². The molecule has 0 aliphatic carbocycles. The van der Waals surface area contributed by atoms with Gasteiger partial charge in [-0.2, -0.15) is 0 Å². The van der Waals surface area contributed by atoms with Gasteiger partial charge in [0.25, 0.3) is 0 Å². The molecule has 14 heavy (non-hydrogen) atoms. The molecule has 0 saturated heterocycles. The molecule has 5 heteroatoms. The Kier molecular flexibility index (Phi) is 8.41. The van der Waals surface area contributed by atoms with Crippen molar-refractivity contribution in [2.24, 2.45) is 0 Å². The first-order valence-electron chi connectivity index (χ1n) is 5.31. The van der Waals surface area contributed by atoms with Crippen LogP contribution in [0, 0.1) is 0 Å². The molecular weight excluding hydrogens is 198 g/mol. The first-order valence-corrected chi connectivity index (χ1v) is 7.24. The molecule has 0 amide bonds. The zero-order chi connectivity index (χ0) is 10.9. The van der Waals surface area contributed by atoms with Gasteiger partial charge in [0.15, 0.2) is 0 Å². The average Bonchev–Trinajstić information content (AvgIpc) is 2.16. The Morgan fingerprint density at radius 1 is 0.929 bits per heavy atom. The SMILES string of the molecule is CCO[Si](CCC[NH])(OCC)OCC. The van der Waals surface area contributed by atoms with Crippen LogP contribution in [0.2, 0.25) is 6.04 Å². The summed E-state index contributed by atoms with van der Waals surface area (Å²) in [7, 11) is -2.44. The Morgan fingerprint density at radius 2 is 1.36 bits per heavy atom. The summed E-state index contributed by atoms with van der Waals surface area (Å²) in [6.45, 7) is 8.09. The molecule has 0 aromatic carbocycles. The van der Waals surface area contributed by atoms with Gasteiger partial charge in [0.1, 0.15) is 0 Å². The molecule has 4 nitrogen and oxygen atoms in total. The maximum absolute atomic E-state index is 7.13. The lowest BCUT2D eigenvalue weighted by Gasteiger charge is -2.28. The molecule has 1 radical (unpaired) electrons. The van der Waals surface area contributed by atoms with Gasteiger partial charge >= 0.3 is 8.80 Å². The molecule has 0 aliphatic rings. The third-order valence-corrected chi connectivity index (χ3v) is 4.90. The molecule has 0 atom stereocenters. The van der Waals surface area contributed by atoms with Gasteiger partial charge in [-0.15, -0.1) is 0 Å². The molecule has 0 aromatic heterocycles. The van der Waals surface area contributed by atoms with Crippen molar-refractivity contribution in [2.75, 3.05) is 26.4 Å². The summed E-state index contributed by atoms with van der Waals surface area (Å²) in [6.07, 6.45) is 0.784. The molecule has 0 fully saturated rings. The van der Waals surface area contributed by atoms with E-state index in [1.165, 1.54) is 0 Å². The van der Waals surface area contributed by atoms with Gasteiger partial charge in [-0.05, 0) is 27.2 Å². The molecule has 0 heterocycles. The molecule has 0 rings (SSSR count).